The minimum absolute atomic E-state index is 0.244. The molecule has 0 unspecified atom stereocenters. The van der Waals surface area contributed by atoms with Gasteiger partial charge in [-0.15, -0.1) is 0 Å². The minimum Gasteiger partial charge on any atom is -0.331 e. The number of hydrogen-bond acceptors (Lipinski definition) is 4. The first-order valence-corrected chi connectivity index (χ1v) is 9.20. The molecule has 3 rings (SSSR count). The van der Waals surface area contributed by atoms with Gasteiger partial charge in [-0.3, -0.25) is 14.4 Å². The van der Waals surface area contributed by atoms with E-state index in [2.05, 4.69) is 10.4 Å². The number of para-hydroxylation sites is 1. The van der Waals surface area contributed by atoms with Crippen molar-refractivity contribution in [2.45, 2.75) is 6.92 Å². The second-order valence-corrected chi connectivity index (χ2v) is 6.90. The number of hydrogen-bond donors (Lipinski definition) is 1. The Morgan fingerprint density at radius 1 is 1.10 bits per heavy atom. The highest BCUT2D eigenvalue weighted by Crippen LogP contribution is 2.15. The van der Waals surface area contributed by atoms with Crippen LogP contribution in [0.25, 0.3) is 5.69 Å². The number of halogens is 1. The van der Waals surface area contributed by atoms with Crippen LogP contribution in [0.5, 0.6) is 0 Å². The molecule has 2 amide bonds. The quantitative estimate of drug-likeness (QED) is 0.700. The number of amides is 2. The highest BCUT2D eigenvalue weighted by Gasteiger charge is 2.21. The van der Waals surface area contributed by atoms with Crippen LogP contribution in [0.3, 0.4) is 0 Å². The predicted molar refractivity (Wildman–Crippen MR) is 112 cm³/mol. The van der Waals surface area contributed by atoms with Crippen LogP contribution >= 0.6 is 11.6 Å². The van der Waals surface area contributed by atoms with E-state index in [-0.39, 0.29) is 12.2 Å². The lowest BCUT2D eigenvalue weighted by Gasteiger charge is -2.17. The van der Waals surface area contributed by atoms with Crippen LogP contribution in [-0.2, 0) is 4.79 Å². The van der Waals surface area contributed by atoms with Crippen molar-refractivity contribution in [3.63, 3.8) is 0 Å². The molecule has 2 aromatic carbocycles. The first kappa shape index (κ1) is 20.3. The zero-order chi connectivity index (χ0) is 21.0. The summed E-state index contributed by atoms with van der Waals surface area (Å²) in [6.45, 7) is 1.49. The number of likely N-dealkylation sites (N-methyl/N-ethyl adjacent to an activating group) is 1. The zero-order valence-electron chi connectivity index (χ0n) is 15.9. The Labute approximate surface area is 172 Å². The molecule has 0 fully saturated rings. The van der Waals surface area contributed by atoms with Crippen molar-refractivity contribution in [3.8, 4) is 5.69 Å². The second-order valence-electron chi connectivity index (χ2n) is 6.47. The number of nitrogens with one attached hydrogen (secondary N) is 1. The highest BCUT2D eigenvalue weighted by atomic mass is 35.5. The SMILES string of the molecule is Cc1cc(=O)c(C(=O)N(C)CC(=O)Nc2cccc(Cl)c2)nn1-c1ccccc1. The summed E-state index contributed by atoms with van der Waals surface area (Å²) in [4.78, 5) is 38.5. The molecule has 0 saturated carbocycles. The lowest BCUT2D eigenvalue weighted by Crippen LogP contribution is -2.38. The summed E-state index contributed by atoms with van der Waals surface area (Å²) in [5.41, 5.74) is 1.09. The van der Waals surface area contributed by atoms with Gasteiger partial charge in [-0.25, -0.2) is 4.68 Å². The number of carbonyl (C=O) groups excluding carboxylic acids is 2. The van der Waals surface area contributed by atoms with Gasteiger partial charge in [0, 0.05) is 29.5 Å². The van der Waals surface area contributed by atoms with Crippen molar-refractivity contribution in [1.29, 1.82) is 0 Å². The van der Waals surface area contributed by atoms with Crippen molar-refractivity contribution >= 4 is 29.1 Å². The lowest BCUT2D eigenvalue weighted by atomic mass is 10.2. The number of nitrogens with zero attached hydrogens (tertiary/aromatic N) is 3. The largest absolute Gasteiger partial charge is 0.331 e. The number of aromatic nitrogens is 2. The van der Waals surface area contributed by atoms with Crippen LogP contribution in [0, 0.1) is 6.92 Å². The minimum atomic E-state index is -0.638. The monoisotopic (exact) mass is 410 g/mol. The highest BCUT2D eigenvalue weighted by molar-refractivity contribution is 6.30. The van der Waals surface area contributed by atoms with Gasteiger partial charge >= 0.3 is 0 Å². The second kappa shape index (κ2) is 8.70. The fraction of sp³-hybridized carbons (Fsp3) is 0.143. The van der Waals surface area contributed by atoms with E-state index in [1.807, 2.05) is 30.3 Å². The molecule has 7 nitrogen and oxygen atoms in total. The van der Waals surface area contributed by atoms with Gasteiger partial charge in [-0.05, 0) is 37.3 Å². The van der Waals surface area contributed by atoms with E-state index in [0.717, 1.165) is 10.6 Å². The third-order valence-electron chi connectivity index (χ3n) is 4.15. The van der Waals surface area contributed by atoms with E-state index in [4.69, 9.17) is 11.6 Å². The summed E-state index contributed by atoms with van der Waals surface area (Å²) in [5.74, 6) is -1.06. The third kappa shape index (κ3) is 4.89. The summed E-state index contributed by atoms with van der Waals surface area (Å²) in [7, 11) is 1.44. The number of anilines is 1. The van der Waals surface area contributed by atoms with Crippen LogP contribution in [0.1, 0.15) is 16.2 Å². The molecule has 29 heavy (non-hydrogen) atoms. The Hall–Kier alpha value is -3.45. The fourth-order valence-corrected chi connectivity index (χ4v) is 2.95. The van der Waals surface area contributed by atoms with Gasteiger partial charge < -0.3 is 10.2 Å². The maximum atomic E-state index is 12.8. The van der Waals surface area contributed by atoms with Gasteiger partial charge in [0.2, 0.25) is 11.3 Å². The lowest BCUT2D eigenvalue weighted by molar-refractivity contribution is -0.116. The molecule has 0 saturated heterocycles. The maximum Gasteiger partial charge on any atom is 0.278 e. The molecule has 0 atom stereocenters. The van der Waals surface area contributed by atoms with Crippen molar-refractivity contribution in [1.82, 2.24) is 14.7 Å². The molecule has 148 valence electrons. The summed E-state index contributed by atoms with van der Waals surface area (Å²) in [6, 6.07) is 17.2. The van der Waals surface area contributed by atoms with Crippen LogP contribution in [0.2, 0.25) is 5.02 Å². The molecule has 8 heteroatoms. The molecule has 3 aromatic rings. The molecular formula is C21H19ClN4O3. The van der Waals surface area contributed by atoms with Crippen molar-refractivity contribution < 1.29 is 9.59 Å². The van der Waals surface area contributed by atoms with E-state index in [9.17, 15) is 14.4 Å². The van der Waals surface area contributed by atoms with Crippen LogP contribution in [0.4, 0.5) is 5.69 Å². The molecular weight excluding hydrogens is 392 g/mol. The molecule has 0 spiro atoms. The van der Waals surface area contributed by atoms with Gasteiger partial charge in [0.1, 0.15) is 0 Å². The average Bonchev–Trinajstić information content (AvgIpc) is 2.68. The van der Waals surface area contributed by atoms with Crippen molar-refractivity contribution in [2.24, 2.45) is 0 Å². The van der Waals surface area contributed by atoms with Crippen LogP contribution < -0.4 is 10.7 Å². The molecule has 0 aliphatic heterocycles. The fourth-order valence-electron chi connectivity index (χ4n) is 2.76. The number of rotatable bonds is 5. The average molecular weight is 411 g/mol. The summed E-state index contributed by atoms with van der Waals surface area (Å²) in [6.07, 6.45) is 0. The number of benzene rings is 2. The Morgan fingerprint density at radius 3 is 2.52 bits per heavy atom. The molecule has 0 bridgehead atoms. The predicted octanol–water partition coefficient (Wildman–Crippen LogP) is 2.91. The molecule has 0 radical (unpaired) electrons. The Balaban J connectivity index is 1.78. The standard InChI is InChI=1S/C21H19ClN4O3/c1-14-11-18(27)20(24-26(14)17-9-4-3-5-10-17)21(29)25(2)13-19(28)23-16-8-6-7-15(22)12-16/h3-12H,13H2,1-2H3,(H,23,28). The maximum absolute atomic E-state index is 12.8. The van der Waals surface area contributed by atoms with Gasteiger partial charge in [-0.2, -0.15) is 5.10 Å². The van der Waals surface area contributed by atoms with E-state index in [1.165, 1.54) is 17.8 Å². The zero-order valence-corrected chi connectivity index (χ0v) is 16.7. The Bertz CT molecular complexity index is 1110. The van der Waals surface area contributed by atoms with E-state index in [1.54, 1.807) is 31.2 Å². The Morgan fingerprint density at radius 2 is 1.83 bits per heavy atom. The number of carbonyl (C=O) groups is 2. The molecule has 1 N–H and O–H groups in total. The van der Waals surface area contributed by atoms with Gasteiger partial charge in [0.15, 0.2) is 5.69 Å². The first-order chi connectivity index (χ1) is 13.8. The van der Waals surface area contributed by atoms with Gasteiger partial charge in [0.05, 0.1) is 12.2 Å². The van der Waals surface area contributed by atoms with Crippen LogP contribution in [0.15, 0.2) is 65.5 Å². The van der Waals surface area contributed by atoms with Gasteiger partial charge in [-0.1, -0.05) is 35.9 Å². The molecule has 0 aliphatic rings. The first-order valence-electron chi connectivity index (χ1n) is 8.82. The molecule has 1 aromatic heterocycles. The number of aryl methyl sites for hydroxylation is 1. The van der Waals surface area contributed by atoms with Gasteiger partial charge in [0.25, 0.3) is 5.91 Å². The smallest absolute Gasteiger partial charge is 0.278 e. The third-order valence-corrected chi connectivity index (χ3v) is 4.38. The summed E-state index contributed by atoms with van der Waals surface area (Å²) < 4.78 is 1.52. The molecule has 1 heterocycles. The van der Waals surface area contributed by atoms with Crippen LogP contribution in [-0.4, -0.2) is 40.1 Å². The van der Waals surface area contributed by atoms with E-state index < -0.39 is 17.2 Å². The normalized spacial score (nSPS) is 10.4. The van der Waals surface area contributed by atoms with Crippen molar-refractivity contribution in [2.75, 3.05) is 18.9 Å². The summed E-state index contributed by atoms with van der Waals surface area (Å²) >= 11 is 5.90. The van der Waals surface area contributed by atoms with Crippen molar-refractivity contribution in [3.05, 3.63) is 87.3 Å². The molecule has 0 aliphatic carbocycles. The van der Waals surface area contributed by atoms with E-state index >= 15 is 0 Å². The Kier molecular flexibility index (Phi) is 6.09. The topological polar surface area (TPSA) is 84.3 Å². The van der Waals surface area contributed by atoms with E-state index in [0.29, 0.717) is 16.4 Å². The summed E-state index contributed by atoms with van der Waals surface area (Å²) in [5, 5.41) is 7.37.